The van der Waals surface area contributed by atoms with Crippen LogP contribution >= 0.6 is 0 Å². The van der Waals surface area contributed by atoms with Gasteiger partial charge >= 0.3 is 0 Å². The van der Waals surface area contributed by atoms with E-state index < -0.39 is 6.10 Å². The van der Waals surface area contributed by atoms with Crippen molar-refractivity contribution in [3.63, 3.8) is 0 Å². The van der Waals surface area contributed by atoms with Gasteiger partial charge in [0, 0.05) is 20.0 Å². The minimum Gasteiger partial charge on any atom is -0.493 e. The Balaban J connectivity index is 1.39. The summed E-state index contributed by atoms with van der Waals surface area (Å²) in [6.45, 7) is 3.38. The molecular formula is C19H24O5. The Hall–Kier alpha value is -1.43. The number of ether oxygens (including phenoxy) is 4. The molecule has 5 nitrogen and oxygen atoms in total. The van der Waals surface area contributed by atoms with Crippen LogP contribution in [-0.2, 0) is 19.0 Å². The van der Waals surface area contributed by atoms with Gasteiger partial charge in [-0.2, -0.15) is 0 Å². The fraction of sp³-hybridized carbons (Fsp3) is 0.632. The lowest BCUT2D eigenvalue weighted by molar-refractivity contribution is -0.142. The number of benzene rings is 1. The van der Waals surface area contributed by atoms with Crippen molar-refractivity contribution < 1.29 is 23.7 Å². The third-order valence-electron chi connectivity index (χ3n) is 5.74. The summed E-state index contributed by atoms with van der Waals surface area (Å²) in [5, 5.41) is 0. The summed E-state index contributed by atoms with van der Waals surface area (Å²) in [5.74, 6) is 1.00. The van der Waals surface area contributed by atoms with Crippen molar-refractivity contribution in [2.45, 2.75) is 49.6 Å². The van der Waals surface area contributed by atoms with E-state index in [0.717, 1.165) is 18.6 Å². The van der Waals surface area contributed by atoms with Crippen LogP contribution in [0.4, 0.5) is 0 Å². The third kappa shape index (κ3) is 2.65. The van der Waals surface area contributed by atoms with Crippen molar-refractivity contribution in [2.75, 3.05) is 20.3 Å². The molecule has 3 aliphatic rings. The van der Waals surface area contributed by atoms with Crippen LogP contribution < -0.4 is 4.74 Å². The van der Waals surface area contributed by atoms with E-state index in [1.54, 1.807) is 7.11 Å². The number of methoxy groups -OCH3 is 1. The highest BCUT2D eigenvalue weighted by Crippen LogP contribution is 2.58. The van der Waals surface area contributed by atoms with Crippen LogP contribution in [0, 0.1) is 5.92 Å². The lowest BCUT2D eigenvalue weighted by atomic mass is 9.69. The molecule has 3 fully saturated rings. The number of epoxide rings is 2. The van der Waals surface area contributed by atoms with Gasteiger partial charge in [-0.1, -0.05) is 18.2 Å². The second-order valence-electron chi connectivity index (χ2n) is 7.19. The summed E-state index contributed by atoms with van der Waals surface area (Å²) in [6, 6.07) is 9.77. The van der Waals surface area contributed by atoms with Gasteiger partial charge in [-0.25, -0.2) is 0 Å². The fourth-order valence-corrected chi connectivity index (χ4v) is 4.29. The number of para-hydroxylation sites is 1. The lowest BCUT2D eigenvalue weighted by Gasteiger charge is -2.37. The van der Waals surface area contributed by atoms with Crippen LogP contribution in [-0.4, -0.2) is 49.5 Å². The van der Waals surface area contributed by atoms with E-state index >= 15 is 0 Å². The van der Waals surface area contributed by atoms with Crippen molar-refractivity contribution in [1.82, 2.24) is 0 Å². The molecule has 2 heterocycles. The Morgan fingerprint density at radius 2 is 2.04 bits per heavy atom. The molecule has 130 valence electrons. The molecule has 1 spiro atoms. The van der Waals surface area contributed by atoms with Crippen molar-refractivity contribution in [3.8, 4) is 5.75 Å². The van der Waals surface area contributed by atoms with Crippen molar-refractivity contribution in [3.05, 3.63) is 30.3 Å². The molecule has 1 saturated carbocycles. The largest absolute Gasteiger partial charge is 0.493 e. The molecule has 0 N–H and O–H groups in total. The van der Waals surface area contributed by atoms with Gasteiger partial charge < -0.3 is 18.9 Å². The second-order valence-corrected chi connectivity index (χ2v) is 7.19. The van der Waals surface area contributed by atoms with Crippen LogP contribution in [0.15, 0.2) is 30.3 Å². The number of rotatable bonds is 6. The van der Waals surface area contributed by atoms with Gasteiger partial charge in [0.1, 0.15) is 23.1 Å². The van der Waals surface area contributed by atoms with E-state index in [2.05, 4.69) is 6.92 Å². The van der Waals surface area contributed by atoms with Crippen LogP contribution in [0.2, 0.25) is 0 Å². The molecule has 1 unspecified atom stereocenters. The molecule has 0 aromatic heterocycles. The van der Waals surface area contributed by atoms with Crippen molar-refractivity contribution in [2.24, 2.45) is 5.92 Å². The van der Waals surface area contributed by atoms with Crippen molar-refractivity contribution >= 4 is 5.78 Å². The molecule has 2 aliphatic heterocycles. The molecule has 5 heteroatoms. The van der Waals surface area contributed by atoms with Crippen LogP contribution in [0.5, 0.6) is 5.75 Å². The molecule has 1 aromatic rings. The predicted molar refractivity (Wildman–Crippen MR) is 87.0 cm³/mol. The molecule has 0 amide bonds. The van der Waals surface area contributed by atoms with Crippen molar-refractivity contribution in [1.29, 1.82) is 0 Å². The number of hydrogen-bond acceptors (Lipinski definition) is 5. The van der Waals surface area contributed by atoms with Crippen LogP contribution in [0.1, 0.15) is 26.2 Å². The van der Waals surface area contributed by atoms with E-state index in [4.69, 9.17) is 18.9 Å². The van der Waals surface area contributed by atoms with Crippen LogP contribution in [0.25, 0.3) is 0 Å². The monoisotopic (exact) mass is 332 g/mol. The summed E-state index contributed by atoms with van der Waals surface area (Å²) in [7, 11) is 1.61. The number of ketones is 1. The number of hydrogen-bond donors (Lipinski definition) is 0. The Labute approximate surface area is 142 Å². The maximum atomic E-state index is 12.3. The zero-order valence-corrected chi connectivity index (χ0v) is 14.2. The predicted octanol–water partition coefficient (Wildman–Crippen LogP) is 2.38. The highest BCUT2D eigenvalue weighted by Gasteiger charge is 2.71. The summed E-state index contributed by atoms with van der Waals surface area (Å²) in [4.78, 5) is 12.3. The molecule has 5 atom stereocenters. The molecule has 2 saturated heterocycles. The van der Waals surface area contributed by atoms with Gasteiger partial charge in [0.15, 0.2) is 5.78 Å². The average Bonchev–Trinajstić information content (AvgIpc) is 3.49. The number of carbonyl (C=O) groups is 1. The topological polar surface area (TPSA) is 60.6 Å². The molecule has 0 radical (unpaired) electrons. The van der Waals surface area contributed by atoms with Crippen LogP contribution in [0.3, 0.4) is 0 Å². The van der Waals surface area contributed by atoms with E-state index in [1.165, 1.54) is 0 Å². The number of carbonyl (C=O) groups excluding carboxylic acids is 1. The lowest BCUT2D eigenvalue weighted by Crippen LogP contribution is -2.53. The first-order valence-corrected chi connectivity index (χ1v) is 8.64. The van der Waals surface area contributed by atoms with Gasteiger partial charge in [0.05, 0.1) is 25.2 Å². The molecule has 0 bridgehead atoms. The summed E-state index contributed by atoms with van der Waals surface area (Å²) >= 11 is 0. The van der Waals surface area contributed by atoms with E-state index in [-0.39, 0.29) is 29.0 Å². The first-order chi connectivity index (χ1) is 11.6. The molecular weight excluding hydrogens is 308 g/mol. The molecule has 1 aromatic carbocycles. The average molecular weight is 332 g/mol. The second kappa shape index (κ2) is 5.83. The molecule has 24 heavy (non-hydrogen) atoms. The maximum Gasteiger partial charge on any atom is 0.162 e. The Kier molecular flexibility index (Phi) is 3.90. The van der Waals surface area contributed by atoms with E-state index in [9.17, 15) is 4.79 Å². The van der Waals surface area contributed by atoms with Gasteiger partial charge in [0.25, 0.3) is 0 Å². The van der Waals surface area contributed by atoms with E-state index in [0.29, 0.717) is 19.6 Å². The van der Waals surface area contributed by atoms with Gasteiger partial charge in [-0.05, 0) is 25.5 Å². The van der Waals surface area contributed by atoms with E-state index in [1.807, 2.05) is 30.3 Å². The summed E-state index contributed by atoms with van der Waals surface area (Å²) in [6.07, 6.45) is 1.76. The Morgan fingerprint density at radius 3 is 2.71 bits per heavy atom. The zero-order chi connectivity index (χ0) is 16.8. The first kappa shape index (κ1) is 16.1. The van der Waals surface area contributed by atoms with Gasteiger partial charge in [-0.3, -0.25) is 4.79 Å². The molecule has 1 aliphatic carbocycles. The third-order valence-corrected chi connectivity index (χ3v) is 5.74. The maximum absolute atomic E-state index is 12.3. The fourth-order valence-electron chi connectivity index (χ4n) is 4.29. The smallest absolute Gasteiger partial charge is 0.162 e. The van der Waals surface area contributed by atoms with Gasteiger partial charge in [-0.15, -0.1) is 0 Å². The highest BCUT2D eigenvalue weighted by atomic mass is 16.6. The minimum absolute atomic E-state index is 0.0297. The highest BCUT2D eigenvalue weighted by molar-refractivity contribution is 5.85. The standard InChI is InChI=1S/C19H24O5/c1-18(15(24-18)9-11-22-13-6-4-3-5-7-13)17-16(21-2)14(20)8-10-19(17)12-23-19/h3-7,15-17H,8-12H2,1-2H3/t15-,16-,17-,18?,19+/m1/s1. The minimum atomic E-state index is -0.425. The number of Topliss-reactive ketones (excluding diaryl/α,β-unsaturated/α-hetero) is 1. The SMILES string of the molecule is CO[C@@H]1C(=O)CC[C@]2(CO2)[C@H]1C1(C)O[C@@H]1CCOc1ccccc1. The normalized spacial score (nSPS) is 40.6. The molecule has 4 rings (SSSR count). The Bertz CT molecular complexity index is 611. The summed E-state index contributed by atoms with van der Waals surface area (Å²) < 4.78 is 23.1. The quantitative estimate of drug-likeness (QED) is 0.749. The summed E-state index contributed by atoms with van der Waals surface area (Å²) in [5.41, 5.74) is -0.592. The zero-order valence-electron chi connectivity index (χ0n) is 14.2. The first-order valence-electron chi connectivity index (χ1n) is 8.64. The van der Waals surface area contributed by atoms with Gasteiger partial charge in [0.2, 0.25) is 0 Å². The Morgan fingerprint density at radius 1 is 1.29 bits per heavy atom.